The average Bonchev–Trinajstić information content (AvgIpc) is 2.32. The van der Waals surface area contributed by atoms with Crippen LogP contribution in [0.2, 0.25) is 12.6 Å². The third kappa shape index (κ3) is 6.81. The van der Waals surface area contributed by atoms with Gasteiger partial charge >= 0.3 is 14.7 Å². The van der Waals surface area contributed by atoms with Gasteiger partial charge in [0, 0.05) is 20.8 Å². The van der Waals surface area contributed by atoms with E-state index < -0.39 is 8.56 Å². The zero-order valence-electron chi connectivity index (χ0n) is 10.7. The lowest BCUT2D eigenvalue weighted by Gasteiger charge is -2.22. The van der Waals surface area contributed by atoms with E-state index in [0.717, 1.165) is 25.3 Å². The van der Waals surface area contributed by atoms with E-state index >= 15 is 0 Å². The lowest BCUT2D eigenvalue weighted by molar-refractivity contribution is 0.171. The first kappa shape index (κ1) is 15.4. The Hall–Kier alpha value is -0.593. The highest BCUT2D eigenvalue weighted by Crippen LogP contribution is 2.15. The largest absolute Gasteiger partial charge is 0.453 e. The maximum absolute atomic E-state index is 10.7. The normalized spacial score (nSPS) is 11.2. The van der Waals surface area contributed by atoms with Crippen molar-refractivity contribution < 1.29 is 18.4 Å². The van der Waals surface area contributed by atoms with Crippen LogP contribution in [0, 0.1) is 0 Å². The van der Waals surface area contributed by atoms with Crippen LogP contribution in [0.25, 0.3) is 0 Å². The van der Waals surface area contributed by atoms with E-state index in [9.17, 15) is 4.79 Å². The van der Waals surface area contributed by atoms with Gasteiger partial charge < -0.3 is 18.9 Å². The molecule has 0 spiro atoms. The number of unbranched alkanes of at least 4 members (excludes halogenated alkanes) is 2. The number of nitrogens with one attached hydrogen (secondary N) is 1. The van der Waals surface area contributed by atoms with Gasteiger partial charge in [-0.3, -0.25) is 0 Å². The number of amides is 1. The topological polar surface area (TPSA) is 56.8 Å². The smallest absolute Gasteiger partial charge is 0.406 e. The Morgan fingerprint density at radius 3 is 2.25 bits per heavy atom. The van der Waals surface area contributed by atoms with E-state index in [1.54, 1.807) is 14.2 Å². The van der Waals surface area contributed by atoms with Crippen molar-refractivity contribution in [3.05, 3.63) is 0 Å². The molecule has 0 bridgehead atoms. The predicted octanol–water partition coefficient (Wildman–Crippen LogP) is 1.88. The standard InChI is InChI=1S/C10H23NO4Si/c1-13-10(12)11-8-6-5-7-9-16(4,14-2)15-3/h5-9H2,1-4H3,(H,11,12). The fourth-order valence-electron chi connectivity index (χ4n) is 1.30. The van der Waals surface area contributed by atoms with E-state index in [1.807, 2.05) is 0 Å². The second kappa shape index (κ2) is 8.55. The minimum Gasteiger partial charge on any atom is -0.453 e. The lowest BCUT2D eigenvalue weighted by atomic mass is 10.2. The summed E-state index contributed by atoms with van der Waals surface area (Å²) in [6.07, 6.45) is 2.70. The Balaban J connectivity index is 3.43. The summed E-state index contributed by atoms with van der Waals surface area (Å²) in [5, 5.41) is 2.65. The van der Waals surface area contributed by atoms with Gasteiger partial charge in [0.1, 0.15) is 0 Å². The molecule has 0 aliphatic carbocycles. The zero-order valence-corrected chi connectivity index (χ0v) is 11.7. The molecule has 0 saturated carbocycles. The molecule has 0 fully saturated rings. The molecule has 0 aliphatic rings. The number of hydrogen-bond acceptors (Lipinski definition) is 4. The fraction of sp³-hybridized carbons (Fsp3) is 0.900. The van der Waals surface area contributed by atoms with Gasteiger partial charge in [-0.05, 0) is 19.0 Å². The Kier molecular flexibility index (Phi) is 8.23. The molecule has 0 radical (unpaired) electrons. The number of alkyl carbamates (subject to hydrolysis) is 1. The molecule has 0 saturated heterocycles. The van der Waals surface area contributed by atoms with Gasteiger partial charge in [-0.25, -0.2) is 4.79 Å². The summed E-state index contributed by atoms with van der Waals surface area (Å²) in [7, 11) is 2.87. The number of ether oxygens (including phenoxy) is 1. The fourth-order valence-corrected chi connectivity index (χ4v) is 2.77. The van der Waals surface area contributed by atoms with Gasteiger partial charge in [0.25, 0.3) is 0 Å². The van der Waals surface area contributed by atoms with E-state index in [1.165, 1.54) is 7.11 Å². The van der Waals surface area contributed by atoms with Crippen LogP contribution >= 0.6 is 0 Å². The highest BCUT2D eigenvalue weighted by molar-refractivity contribution is 6.65. The summed E-state index contributed by atoms with van der Waals surface area (Å²) in [4.78, 5) is 10.7. The quantitative estimate of drug-likeness (QED) is 0.527. The maximum atomic E-state index is 10.7. The monoisotopic (exact) mass is 249 g/mol. The SMILES string of the molecule is COC(=O)NCCCCC[Si](C)(OC)OC. The maximum Gasteiger partial charge on any atom is 0.406 e. The highest BCUT2D eigenvalue weighted by Gasteiger charge is 2.27. The third-order valence-electron chi connectivity index (χ3n) is 2.63. The number of hydrogen-bond donors (Lipinski definition) is 1. The van der Waals surface area contributed by atoms with Crippen LogP contribution in [0.4, 0.5) is 4.79 Å². The van der Waals surface area contributed by atoms with Crippen LogP contribution in [0.1, 0.15) is 19.3 Å². The van der Waals surface area contributed by atoms with E-state index in [2.05, 4.69) is 16.6 Å². The summed E-state index contributed by atoms with van der Waals surface area (Å²) in [5.74, 6) is 0. The van der Waals surface area contributed by atoms with Crippen molar-refractivity contribution >= 4 is 14.7 Å². The summed E-state index contributed by atoms with van der Waals surface area (Å²) in [5.41, 5.74) is 0. The second-order valence-corrected chi connectivity index (χ2v) is 7.36. The van der Waals surface area contributed by atoms with Crippen molar-refractivity contribution in [2.45, 2.75) is 31.9 Å². The lowest BCUT2D eigenvalue weighted by Crippen LogP contribution is -2.35. The molecule has 5 nitrogen and oxygen atoms in total. The van der Waals surface area contributed by atoms with E-state index in [4.69, 9.17) is 8.85 Å². The minimum absolute atomic E-state index is 0.368. The number of methoxy groups -OCH3 is 1. The molecule has 6 heteroatoms. The summed E-state index contributed by atoms with van der Waals surface area (Å²) in [6, 6.07) is 0.984. The molecule has 0 rings (SSSR count). The zero-order chi connectivity index (χ0) is 12.4. The van der Waals surface area contributed by atoms with Crippen molar-refractivity contribution in [1.82, 2.24) is 5.32 Å². The van der Waals surface area contributed by atoms with Crippen molar-refractivity contribution in [3.8, 4) is 0 Å². The first-order valence-electron chi connectivity index (χ1n) is 5.50. The van der Waals surface area contributed by atoms with Crippen LogP contribution in [0.3, 0.4) is 0 Å². The van der Waals surface area contributed by atoms with Crippen LogP contribution in [0.5, 0.6) is 0 Å². The summed E-state index contributed by atoms with van der Waals surface area (Å²) >= 11 is 0. The molecule has 0 aromatic carbocycles. The first-order chi connectivity index (χ1) is 7.58. The highest BCUT2D eigenvalue weighted by atomic mass is 28.4. The van der Waals surface area contributed by atoms with Gasteiger partial charge in [0.15, 0.2) is 0 Å². The molecular weight excluding hydrogens is 226 g/mol. The van der Waals surface area contributed by atoms with E-state index in [-0.39, 0.29) is 6.09 Å². The number of carbonyl (C=O) groups is 1. The Morgan fingerprint density at radius 2 is 1.75 bits per heavy atom. The molecule has 0 aliphatic heterocycles. The molecule has 16 heavy (non-hydrogen) atoms. The average molecular weight is 249 g/mol. The summed E-state index contributed by atoms with van der Waals surface area (Å²) in [6.45, 7) is 2.71. The first-order valence-corrected chi connectivity index (χ1v) is 8.02. The van der Waals surface area contributed by atoms with Crippen LogP contribution in [-0.4, -0.2) is 42.5 Å². The van der Waals surface area contributed by atoms with Crippen molar-refractivity contribution in [1.29, 1.82) is 0 Å². The van der Waals surface area contributed by atoms with Crippen LogP contribution in [-0.2, 0) is 13.6 Å². The summed E-state index contributed by atoms with van der Waals surface area (Å²) < 4.78 is 15.2. The van der Waals surface area contributed by atoms with Gasteiger partial charge in [-0.15, -0.1) is 0 Å². The van der Waals surface area contributed by atoms with Crippen LogP contribution < -0.4 is 5.32 Å². The van der Waals surface area contributed by atoms with Gasteiger partial charge in [-0.2, -0.15) is 0 Å². The van der Waals surface area contributed by atoms with Crippen molar-refractivity contribution in [3.63, 3.8) is 0 Å². The minimum atomic E-state index is -1.90. The number of rotatable bonds is 8. The predicted molar refractivity (Wildman–Crippen MR) is 64.7 cm³/mol. The molecule has 96 valence electrons. The third-order valence-corrected chi connectivity index (χ3v) is 5.61. The van der Waals surface area contributed by atoms with Gasteiger partial charge in [0.05, 0.1) is 7.11 Å². The van der Waals surface area contributed by atoms with Crippen LogP contribution in [0.15, 0.2) is 0 Å². The number of carbonyl (C=O) groups excluding carboxylic acids is 1. The van der Waals surface area contributed by atoms with Gasteiger partial charge in [0.2, 0.25) is 0 Å². The molecule has 1 amide bonds. The molecule has 0 atom stereocenters. The molecule has 1 N–H and O–H groups in total. The Bertz CT molecular complexity index is 197. The second-order valence-electron chi connectivity index (χ2n) is 3.77. The molecule has 0 unspecified atom stereocenters. The van der Waals surface area contributed by atoms with Crippen molar-refractivity contribution in [2.24, 2.45) is 0 Å². The Labute approximate surface area is 98.7 Å². The van der Waals surface area contributed by atoms with E-state index in [0.29, 0.717) is 6.54 Å². The van der Waals surface area contributed by atoms with Gasteiger partial charge in [-0.1, -0.05) is 12.8 Å². The van der Waals surface area contributed by atoms with Crippen molar-refractivity contribution in [2.75, 3.05) is 27.9 Å². The molecule has 0 aromatic heterocycles. The Morgan fingerprint density at radius 1 is 1.12 bits per heavy atom. The molecule has 0 heterocycles. The molecule has 0 aromatic rings. The molecular formula is C10H23NO4Si.